The lowest BCUT2D eigenvalue weighted by molar-refractivity contribution is 0.905. The number of allylic oxidation sites excluding steroid dienone is 2. The van der Waals surface area contributed by atoms with Gasteiger partial charge >= 0.3 is 0 Å². The van der Waals surface area contributed by atoms with E-state index in [0.717, 1.165) is 6.54 Å². The lowest BCUT2D eigenvalue weighted by Gasteiger charge is -2.07. The van der Waals surface area contributed by atoms with Crippen molar-refractivity contribution in [3.05, 3.63) is 23.4 Å². The minimum absolute atomic E-state index is 1.01. The van der Waals surface area contributed by atoms with Crippen LogP contribution >= 0.6 is 0 Å². The van der Waals surface area contributed by atoms with Crippen LogP contribution in [-0.2, 0) is 0 Å². The zero-order chi connectivity index (χ0) is 12.0. The molecule has 0 aromatic carbocycles. The molecule has 0 atom stereocenters. The second kappa shape index (κ2) is 18.1. The Bertz CT molecular complexity index is 143. The van der Waals surface area contributed by atoms with Crippen molar-refractivity contribution in [3.63, 3.8) is 0 Å². The Hall–Kier alpha value is -0.720. The fourth-order valence-electron chi connectivity index (χ4n) is 0.854. The van der Waals surface area contributed by atoms with Crippen molar-refractivity contribution in [2.45, 2.75) is 55.4 Å². The second-order valence-electron chi connectivity index (χ2n) is 2.26. The monoisotopic (exact) mass is 199 g/mol. The van der Waals surface area contributed by atoms with Crippen LogP contribution in [0.4, 0.5) is 0 Å². The summed E-state index contributed by atoms with van der Waals surface area (Å²) in [6.45, 7) is 17.2. The molecular weight excluding hydrogens is 170 g/mol. The van der Waals surface area contributed by atoms with Crippen LogP contribution in [0.15, 0.2) is 23.4 Å². The Labute approximate surface area is 91.3 Å². The quantitative estimate of drug-likeness (QED) is 0.605. The molecule has 1 aliphatic rings. The highest BCUT2D eigenvalue weighted by Gasteiger charge is 1.93. The van der Waals surface area contributed by atoms with E-state index in [1.165, 1.54) is 11.1 Å². The molecule has 0 amide bonds. The maximum atomic E-state index is 3.15. The van der Waals surface area contributed by atoms with Gasteiger partial charge in [0.15, 0.2) is 0 Å². The van der Waals surface area contributed by atoms with Crippen molar-refractivity contribution in [2.24, 2.45) is 0 Å². The summed E-state index contributed by atoms with van der Waals surface area (Å²) in [5, 5.41) is 3.15. The van der Waals surface area contributed by atoms with Crippen molar-refractivity contribution >= 4 is 0 Å². The molecular formula is C13H29N. The number of rotatable bonds is 0. The van der Waals surface area contributed by atoms with E-state index in [0.29, 0.717) is 0 Å². The molecule has 1 heteroatoms. The summed E-state index contributed by atoms with van der Waals surface area (Å²) >= 11 is 0. The number of nitrogens with one attached hydrogen (secondary N) is 1. The van der Waals surface area contributed by atoms with Crippen LogP contribution in [0.25, 0.3) is 0 Å². The third-order valence-corrected chi connectivity index (χ3v) is 1.18. The first kappa shape index (κ1) is 18.9. The van der Waals surface area contributed by atoms with E-state index in [9.17, 15) is 0 Å². The molecule has 1 nitrogen and oxygen atoms in total. The largest absolute Gasteiger partial charge is 0.387 e. The van der Waals surface area contributed by atoms with Gasteiger partial charge in [-0.1, -0.05) is 53.2 Å². The van der Waals surface area contributed by atoms with Crippen LogP contribution < -0.4 is 5.32 Å². The first-order valence-corrected chi connectivity index (χ1v) is 5.86. The van der Waals surface area contributed by atoms with Crippen molar-refractivity contribution in [1.29, 1.82) is 0 Å². The maximum absolute atomic E-state index is 3.15. The zero-order valence-electron chi connectivity index (χ0n) is 11.4. The average Bonchev–Trinajstić information content (AvgIpc) is 2.26. The van der Waals surface area contributed by atoms with E-state index in [1.807, 2.05) is 47.7 Å². The molecule has 0 radical (unpaired) electrons. The highest BCUT2D eigenvalue weighted by atomic mass is 14.8. The van der Waals surface area contributed by atoms with Gasteiger partial charge in [0.25, 0.3) is 0 Å². The van der Waals surface area contributed by atoms with Crippen molar-refractivity contribution < 1.29 is 0 Å². The predicted octanol–water partition coefficient (Wildman–Crippen LogP) is 4.52. The summed E-state index contributed by atoms with van der Waals surface area (Å²) in [5.41, 5.74) is 2.72. The second-order valence-corrected chi connectivity index (χ2v) is 2.26. The molecule has 0 saturated heterocycles. The Morgan fingerprint density at radius 1 is 0.929 bits per heavy atom. The lowest BCUT2D eigenvalue weighted by atomic mass is 10.1. The highest BCUT2D eigenvalue weighted by Crippen LogP contribution is 2.03. The Balaban J connectivity index is -0.000000174. The van der Waals surface area contributed by atoms with E-state index in [2.05, 4.69) is 25.2 Å². The SMILES string of the molecule is CC.CC.CC.CC1=CNCC(C)=C1. The molecule has 0 aromatic heterocycles. The zero-order valence-corrected chi connectivity index (χ0v) is 11.4. The van der Waals surface area contributed by atoms with Crippen molar-refractivity contribution in [2.75, 3.05) is 6.54 Å². The fraction of sp³-hybridized carbons (Fsp3) is 0.692. The lowest BCUT2D eigenvalue weighted by Crippen LogP contribution is -2.12. The maximum Gasteiger partial charge on any atom is 0.0355 e. The molecule has 1 N–H and O–H groups in total. The van der Waals surface area contributed by atoms with Gasteiger partial charge in [-0.2, -0.15) is 0 Å². The highest BCUT2D eigenvalue weighted by molar-refractivity contribution is 5.24. The summed E-state index contributed by atoms with van der Waals surface area (Å²) < 4.78 is 0. The summed E-state index contributed by atoms with van der Waals surface area (Å²) in [4.78, 5) is 0. The molecule has 1 heterocycles. The molecule has 0 bridgehead atoms. The summed E-state index contributed by atoms with van der Waals surface area (Å²) in [7, 11) is 0. The molecule has 14 heavy (non-hydrogen) atoms. The van der Waals surface area contributed by atoms with Crippen LogP contribution in [0, 0.1) is 0 Å². The summed E-state index contributed by atoms with van der Waals surface area (Å²) in [5.74, 6) is 0. The van der Waals surface area contributed by atoms with Gasteiger partial charge in [0.1, 0.15) is 0 Å². The van der Waals surface area contributed by atoms with Gasteiger partial charge in [0.05, 0.1) is 0 Å². The molecule has 0 aromatic rings. The van der Waals surface area contributed by atoms with E-state index in [4.69, 9.17) is 0 Å². The number of dihydropyridines is 1. The molecule has 0 unspecified atom stereocenters. The third-order valence-electron chi connectivity index (χ3n) is 1.18. The van der Waals surface area contributed by atoms with Crippen LogP contribution in [0.5, 0.6) is 0 Å². The predicted molar refractivity (Wildman–Crippen MR) is 69.6 cm³/mol. The third kappa shape index (κ3) is 13.8. The Kier molecular flexibility index (Phi) is 24.6. The summed E-state index contributed by atoms with van der Waals surface area (Å²) in [6.07, 6.45) is 4.23. The van der Waals surface area contributed by atoms with Crippen molar-refractivity contribution in [1.82, 2.24) is 5.32 Å². The van der Waals surface area contributed by atoms with Crippen LogP contribution in [0.2, 0.25) is 0 Å². The standard InChI is InChI=1S/C7H11N.3C2H6/c1-6-3-7(2)5-8-4-6;3*1-2/h3-4,8H,5H2,1-2H3;3*1-2H3. The number of hydrogen-bond donors (Lipinski definition) is 1. The molecule has 0 saturated carbocycles. The first-order valence-electron chi connectivity index (χ1n) is 5.86. The summed E-state index contributed by atoms with van der Waals surface area (Å²) in [6, 6.07) is 0. The van der Waals surface area contributed by atoms with E-state index >= 15 is 0 Å². The molecule has 86 valence electrons. The topological polar surface area (TPSA) is 12.0 Å². The van der Waals surface area contributed by atoms with E-state index in [1.54, 1.807) is 0 Å². The van der Waals surface area contributed by atoms with Gasteiger partial charge in [-0.05, 0) is 25.6 Å². The Morgan fingerprint density at radius 3 is 1.57 bits per heavy atom. The normalized spacial score (nSPS) is 12.0. The van der Waals surface area contributed by atoms with Crippen LogP contribution in [-0.4, -0.2) is 6.54 Å². The minimum atomic E-state index is 1.01. The smallest absolute Gasteiger partial charge is 0.0355 e. The van der Waals surface area contributed by atoms with E-state index < -0.39 is 0 Å². The number of hydrogen-bond acceptors (Lipinski definition) is 1. The fourth-order valence-corrected chi connectivity index (χ4v) is 0.854. The molecule has 1 rings (SSSR count). The molecule has 0 fully saturated rings. The van der Waals surface area contributed by atoms with Gasteiger partial charge in [-0.3, -0.25) is 0 Å². The first-order chi connectivity index (χ1) is 6.79. The van der Waals surface area contributed by atoms with Gasteiger partial charge in [0.2, 0.25) is 0 Å². The van der Waals surface area contributed by atoms with Gasteiger partial charge in [-0.25, -0.2) is 0 Å². The molecule has 0 spiro atoms. The molecule has 0 aliphatic carbocycles. The van der Waals surface area contributed by atoms with Gasteiger partial charge in [0, 0.05) is 6.54 Å². The Morgan fingerprint density at radius 2 is 1.36 bits per heavy atom. The minimum Gasteiger partial charge on any atom is -0.387 e. The van der Waals surface area contributed by atoms with Crippen molar-refractivity contribution in [3.8, 4) is 0 Å². The van der Waals surface area contributed by atoms with Crippen LogP contribution in [0.1, 0.15) is 55.4 Å². The van der Waals surface area contributed by atoms with Gasteiger partial charge < -0.3 is 5.32 Å². The molecule has 1 aliphatic heterocycles. The average molecular weight is 199 g/mol. The van der Waals surface area contributed by atoms with E-state index in [-0.39, 0.29) is 0 Å². The van der Waals surface area contributed by atoms with Crippen LogP contribution in [0.3, 0.4) is 0 Å². The van der Waals surface area contributed by atoms with Gasteiger partial charge in [-0.15, -0.1) is 0 Å².